The molecule has 1 saturated heterocycles. The lowest BCUT2D eigenvalue weighted by Crippen LogP contribution is -2.35. The van der Waals surface area contributed by atoms with Crippen LogP contribution in [0.15, 0.2) is 47.4 Å². The van der Waals surface area contributed by atoms with E-state index in [0.29, 0.717) is 24.3 Å². The molecule has 4 rings (SSSR count). The van der Waals surface area contributed by atoms with Gasteiger partial charge in [-0.1, -0.05) is 12.5 Å². The maximum atomic E-state index is 13.0. The van der Waals surface area contributed by atoms with Gasteiger partial charge in [0.15, 0.2) is 0 Å². The van der Waals surface area contributed by atoms with Crippen LogP contribution in [0.1, 0.15) is 60.9 Å². The van der Waals surface area contributed by atoms with Crippen LogP contribution in [-0.4, -0.2) is 37.8 Å². The highest BCUT2D eigenvalue weighted by Crippen LogP contribution is 2.26. The predicted molar refractivity (Wildman–Crippen MR) is 121 cm³/mol. The molecule has 1 N–H and O–H groups in total. The van der Waals surface area contributed by atoms with Gasteiger partial charge in [-0.15, -0.1) is 0 Å². The first-order valence-corrected chi connectivity index (χ1v) is 12.6. The van der Waals surface area contributed by atoms with E-state index >= 15 is 0 Å². The largest absolute Gasteiger partial charge is 0.490 e. The van der Waals surface area contributed by atoms with Crippen molar-refractivity contribution in [1.29, 1.82) is 0 Å². The number of benzene rings is 2. The Bertz CT molecular complexity index is 1020. The van der Waals surface area contributed by atoms with E-state index in [1.54, 1.807) is 12.1 Å². The Balaban J connectivity index is 1.47. The Morgan fingerprint density at radius 3 is 2.32 bits per heavy atom. The number of carbonyl (C=O) groups is 1. The van der Waals surface area contributed by atoms with Crippen LogP contribution < -0.4 is 10.1 Å². The summed E-state index contributed by atoms with van der Waals surface area (Å²) in [6.07, 6.45) is 7.70. The molecule has 2 fully saturated rings. The molecule has 0 radical (unpaired) electrons. The van der Waals surface area contributed by atoms with Crippen LogP contribution in [-0.2, 0) is 10.0 Å². The minimum Gasteiger partial charge on any atom is -0.490 e. The third kappa shape index (κ3) is 5.10. The van der Waals surface area contributed by atoms with Crippen LogP contribution in [0.2, 0.25) is 0 Å². The van der Waals surface area contributed by atoms with Gasteiger partial charge in [0.05, 0.1) is 11.0 Å². The predicted octanol–water partition coefficient (Wildman–Crippen LogP) is 4.74. The summed E-state index contributed by atoms with van der Waals surface area (Å²) in [4.78, 5) is 13.1. The van der Waals surface area contributed by atoms with Gasteiger partial charge < -0.3 is 10.1 Å². The molecular formula is C24H30N2O4S. The first kappa shape index (κ1) is 21.8. The van der Waals surface area contributed by atoms with Crippen molar-refractivity contribution >= 4 is 21.6 Å². The van der Waals surface area contributed by atoms with Gasteiger partial charge in [-0.2, -0.15) is 4.31 Å². The van der Waals surface area contributed by atoms with E-state index < -0.39 is 10.0 Å². The van der Waals surface area contributed by atoms with E-state index in [1.165, 1.54) is 23.2 Å². The maximum absolute atomic E-state index is 13.0. The zero-order valence-electron chi connectivity index (χ0n) is 18.0. The topological polar surface area (TPSA) is 75.7 Å². The standard InChI is InChI=1S/C24H30N2O4S/c1-18-9-14-22(31(28,29)26-15-5-2-6-16-26)17-23(18)24(27)25-19-10-12-21(13-11-19)30-20-7-3-4-8-20/h9-14,17,20H,2-8,15-16H2,1H3,(H,25,27). The third-order valence-electron chi connectivity index (χ3n) is 6.12. The number of ether oxygens (including phenoxy) is 1. The monoisotopic (exact) mass is 442 g/mol. The van der Waals surface area contributed by atoms with Gasteiger partial charge >= 0.3 is 0 Å². The lowest BCUT2D eigenvalue weighted by atomic mass is 10.1. The van der Waals surface area contributed by atoms with E-state index in [4.69, 9.17) is 4.74 Å². The summed E-state index contributed by atoms with van der Waals surface area (Å²) < 4.78 is 33.5. The molecule has 31 heavy (non-hydrogen) atoms. The quantitative estimate of drug-likeness (QED) is 0.701. The molecule has 7 heteroatoms. The van der Waals surface area contributed by atoms with Gasteiger partial charge in [0.25, 0.3) is 5.91 Å². The van der Waals surface area contributed by atoms with Crippen LogP contribution in [0.5, 0.6) is 5.75 Å². The van der Waals surface area contributed by atoms with E-state index in [9.17, 15) is 13.2 Å². The second-order valence-electron chi connectivity index (χ2n) is 8.44. The molecule has 0 aromatic heterocycles. The Morgan fingerprint density at radius 1 is 0.968 bits per heavy atom. The fourth-order valence-electron chi connectivity index (χ4n) is 4.27. The summed E-state index contributed by atoms with van der Waals surface area (Å²) in [5.74, 6) is 0.480. The molecule has 2 aliphatic rings. The van der Waals surface area contributed by atoms with Gasteiger partial charge in [-0.25, -0.2) is 8.42 Å². The highest BCUT2D eigenvalue weighted by Gasteiger charge is 2.27. The Hall–Kier alpha value is -2.38. The van der Waals surface area contributed by atoms with Gasteiger partial charge in [0.1, 0.15) is 5.75 Å². The van der Waals surface area contributed by atoms with Crippen LogP contribution >= 0.6 is 0 Å². The van der Waals surface area contributed by atoms with Crippen molar-refractivity contribution in [1.82, 2.24) is 4.31 Å². The Labute approximate surface area is 184 Å². The number of aryl methyl sites for hydroxylation is 1. The summed E-state index contributed by atoms with van der Waals surface area (Å²) in [5, 5.41) is 2.88. The molecule has 1 heterocycles. The molecule has 0 atom stereocenters. The smallest absolute Gasteiger partial charge is 0.255 e. The van der Waals surface area contributed by atoms with Crippen LogP contribution in [0.25, 0.3) is 0 Å². The molecule has 1 amide bonds. The van der Waals surface area contributed by atoms with Crippen LogP contribution in [0, 0.1) is 6.92 Å². The molecule has 0 unspecified atom stereocenters. The second-order valence-corrected chi connectivity index (χ2v) is 10.4. The van der Waals surface area contributed by atoms with Crippen molar-refractivity contribution in [2.75, 3.05) is 18.4 Å². The van der Waals surface area contributed by atoms with E-state index in [1.807, 2.05) is 31.2 Å². The van der Waals surface area contributed by atoms with Gasteiger partial charge in [0.2, 0.25) is 10.0 Å². The average molecular weight is 443 g/mol. The number of rotatable bonds is 6. The number of piperidine rings is 1. The van der Waals surface area contributed by atoms with Crippen molar-refractivity contribution in [3.8, 4) is 5.75 Å². The van der Waals surface area contributed by atoms with E-state index in [2.05, 4.69) is 5.32 Å². The highest BCUT2D eigenvalue weighted by molar-refractivity contribution is 7.89. The lowest BCUT2D eigenvalue weighted by molar-refractivity contribution is 0.102. The number of nitrogens with zero attached hydrogens (tertiary/aromatic N) is 1. The molecule has 166 valence electrons. The molecule has 6 nitrogen and oxygen atoms in total. The van der Waals surface area contributed by atoms with Crippen molar-refractivity contribution in [2.24, 2.45) is 0 Å². The lowest BCUT2D eigenvalue weighted by Gasteiger charge is -2.26. The van der Waals surface area contributed by atoms with Gasteiger partial charge in [-0.05, 0) is 87.4 Å². The van der Waals surface area contributed by atoms with E-state index in [-0.39, 0.29) is 16.9 Å². The number of hydrogen-bond acceptors (Lipinski definition) is 4. The molecule has 1 aliphatic carbocycles. The summed E-state index contributed by atoms with van der Waals surface area (Å²) in [6.45, 7) is 2.88. The number of amides is 1. The van der Waals surface area contributed by atoms with Crippen molar-refractivity contribution in [3.05, 3.63) is 53.6 Å². The van der Waals surface area contributed by atoms with Crippen LogP contribution in [0.3, 0.4) is 0 Å². The number of carbonyl (C=O) groups excluding carboxylic acids is 1. The summed E-state index contributed by atoms with van der Waals surface area (Å²) in [5.41, 5.74) is 1.74. The highest BCUT2D eigenvalue weighted by atomic mass is 32.2. The zero-order valence-corrected chi connectivity index (χ0v) is 18.8. The fourth-order valence-corrected chi connectivity index (χ4v) is 5.82. The first-order chi connectivity index (χ1) is 14.9. The maximum Gasteiger partial charge on any atom is 0.255 e. The normalized spacial score (nSPS) is 18.1. The molecular weight excluding hydrogens is 412 g/mol. The molecule has 0 spiro atoms. The molecule has 0 bridgehead atoms. The fraction of sp³-hybridized carbons (Fsp3) is 0.458. The molecule has 2 aromatic carbocycles. The molecule has 1 saturated carbocycles. The SMILES string of the molecule is Cc1ccc(S(=O)(=O)N2CCCCC2)cc1C(=O)Nc1ccc(OC2CCCC2)cc1. The summed E-state index contributed by atoms with van der Waals surface area (Å²) in [6, 6.07) is 12.1. The summed E-state index contributed by atoms with van der Waals surface area (Å²) in [7, 11) is -3.59. The molecule has 1 aliphatic heterocycles. The van der Waals surface area contributed by atoms with Crippen molar-refractivity contribution in [3.63, 3.8) is 0 Å². The average Bonchev–Trinajstić information content (AvgIpc) is 3.29. The third-order valence-corrected chi connectivity index (χ3v) is 8.02. The minimum atomic E-state index is -3.59. The molecule has 2 aromatic rings. The van der Waals surface area contributed by atoms with Crippen molar-refractivity contribution < 1.29 is 17.9 Å². The Kier molecular flexibility index (Phi) is 6.62. The summed E-state index contributed by atoms with van der Waals surface area (Å²) >= 11 is 0. The van der Waals surface area contributed by atoms with Gasteiger partial charge in [-0.3, -0.25) is 4.79 Å². The number of nitrogens with one attached hydrogen (secondary N) is 1. The number of anilines is 1. The van der Waals surface area contributed by atoms with Crippen molar-refractivity contribution in [2.45, 2.75) is 62.9 Å². The Morgan fingerprint density at radius 2 is 1.65 bits per heavy atom. The van der Waals surface area contributed by atoms with Gasteiger partial charge in [0, 0.05) is 24.3 Å². The minimum absolute atomic E-state index is 0.172. The number of sulfonamides is 1. The first-order valence-electron chi connectivity index (χ1n) is 11.1. The van der Waals surface area contributed by atoms with E-state index in [0.717, 1.165) is 43.4 Å². The number of hydrogen-bond donors (Lipinski definition) is 1. The zero-order chi connectivity index (χ0) is 21.8. The second kappa shape index (κ2) is 9.40. The van der Waals surface area contributed by atoms with Crippen LogP contribution in [0.4, 0.5) is 5.69 Å².